The summed E-state index contributed by atoms with van der Waals surface area (Å²) in [7, 11) is 0. The fraction of sp³-hybridized carbons (Fsp3) is 0.172. The van der Waals surface area contributed by atoms with Gasteiger partial charge in [-0.1, -0.05) is 60.7 Å². The molecule has 4 rings (SSSR count). The molecule has 0 unspecified atom stereocenters. The number of rotatable bonds is 9. The molecule has 0 atom stereocenters. The summed E-state index contributed by atoms with van der Waals surface area (Å²) in [6.07, 6.45) is 10.3. The van der Waals surface area contributed by atoms with Gasteiger partial charge in [-0.2, -0.15) is 0 Å². The third-order valence-corrected chi connectivity index (χ3v) is 5.77. The van der Waals surface area contributed by atoms with Crippen molar-refractivity contribution in [1.29, 1.82) is 0 Å². The molecular formula is C29H30N4O. The minimum absolute atomic E-state index is 0.0259. The second-order valence-corrected chi connectivity index (χ2v) is 8.22. The average Bonchev–Trinajstić information content (AvgIpc) is 2.88. The first-order valence-electron chi connectivity index (χ1n) is 11.5. The summed E-state index contributed by atoms with van der Waals surface area (Å²) in [6.45, 7) is 6.89. The Morgan fingerprint density at radius 2 is 1.82 bits per heavy atom. The van der Waals surface area contributed by atoms with Crippen molar-refractivity contribution in [1.82, 2.24) is 9.88 Å². The van der Waals surface area contributed by atoms with E-state index >= 15 is 0 Å². The molecule has 0 radical (unpaired) electrons. The molecule has 2 N–H and O–H groups in total. The van der Waals surface area contributed by atoms with E-state index in [0.717, 1.165) is 42.2 Å². The number of hydrogen-bond acceptors (Lipinski definition) is 4. The Hall–Kier alpha value is -3.96. The van der Waals surface area contributed by atoms with Crippen molar-refractivity contribution in [2.45, 2.75) is 26.3 Å². The van der Waals surface area contributed by atoms with Crippen LogP contribution in [0.4, 0.5) is 5.82 Å². The van der Waals surface area contributed by atoms with Gasteiger partial charge >= 0.3 is 0 Å². The Morgan fingerprint density at radius 1 is 1.09 bits per heavy atom. The van der Waals surface area contributed by atoms with Gasteiger partial charge in [0.1, 0.15) is 5.82 Å². The average molecular weight is 451 g/mol. The monoisotopic (exact) mass is 450 g/mol. The van der Waals surface area contributed by atoms with Gasteiger partial charge in [-0.25, -0.2) is 0 Å². The Labute approximate surface area is 200 Å². The summed E-state index contributed by atoms with van der Waals surface area (Å²) < 4.78 is 2.07. The van der Waals surface area contributed by atoms with E-state index in [1.54, 1.807) is 6.07 Å². The van der Waals surface area contributed by atoms with Gasteiger partial charge in [-0.3, -0.25) is 14.4 Å². The summed E-state index contributed by atoms with van der Waals surface area (Å²) in [5.74, 6) is 0.714. The molecule has 1 aromatic heterocycles. The van der Waals surface area contributed by atoms with Crippen molar-refractivity contribution in [3.63, 3.8) is 0 Å². The molecule has 0 saturated heterocycles. The summed E-state index contributed by atoms with van der Waals surface area (Å²) >= 11 is 0. The fourth-order valence-corrected chi connectivity index (χ4v) is 3.94. The van der Waals surface area contributed by atoms with Crippen LogP contribution >= 0.6 is 0 Å². The van der Waals surface area contributed by atoms with E-state index in [2.05, 4.69) is 57.3 Å². The first-order valence-corrected chi connectivity index (χ1v) is 11.5. The number of benzene rings is 2. The third kappa shape index (κ3) is 5.69. The predicted octanol–water partition coefficient (Wildman–Crippen LogP) is 5.62. The zero-order valence-corrected chi connectivity index (χ0v) is 19.5. The maximum atomic E-state index is 13.0. The van der Waals surface area contributed by atoms with E-state index in [4.69, 9.17) is 0 Å². The van der Waals surface area contributed by atoms with Crippen LogP contribution in [0.3, 0.4) is 0 Å². The van der Waals surface area contributed by atoms with E-state index in [-0.39, 0.29) is 5.43 Å². The van der Waals surface area contributed by atoms with Gasteiger partial charge in [-0.05, 0) is 56.3 Å². The van der Waals surface area contributed by atoms with Gasteiger partial charge in [0.15, 0.2) is 5.43 Å². The molecule has 0 bridgehead atoms. The molecular weight excluding hydrogens is 420 g/mol. The van der Waals surface area contributed by atoms with E-state index in [1.807, 2.05) is 61.5 Å². The molecule has 1 aliphatic rings. The Bertz CT molecular complexity index is 1280. The zero-order chi connectivity index (χ0) is 23.8. The van der Waals surface area contributed by atoms with Crippen molar-refractivity contribution in [2.75, 3.05) is 11.9 Å². The van der Waals surface area contributed by atoms with E-state index in [1.165, 1.54) is 5.56 Å². The summed E-state index contributed by atoms with van der Waals surface area (Å²) in [5.41, 5.74) is 5.32. The highest BCUT2D eigenvalue weighted by Crippen LogP contribution is 2.24. The van der Waals surface area contributed by atoms with Gasteiger partial charge in [0.2, 0.25) is 0 Å². The fourth-order valence-electron chi connectivity index (χ4n) is 3.94. The smallest absolute Gasteiger partial charge is 0.187 e. The number of nitrogens with zero attached hydrogens (tertiary/aromatic N) is 2. The normalized spacial score (nSPS) is 13.4. The molecule has 0 spiro atoms. The van der Waals surface area contributed by atoms with Crippen LogP contribution in [0.2, 0.25) is 0 Å². The lowest BCUT2D eigenvalue weighted by Gasteiger charge is -2.21. The summed E-state index contributed by atoms with van der Waals surface area (Å²) in [6, 6.07) is 21.9. The van der Waals surface area contributed by atoms with Gasteiger partial charge in [0.25, 0.3) is 0 Å². The molecule has 5 nitrogen and oxygen atoms in total. The molecule has 0 aliphatic heterocycles. The van der Waals surface area contributed by atoms with Crippen LogP contribution in [-0.2, 0) is 6.54 Å². The number of anilines is 1. The number of nitrogens with one attached hydrogen (secondary N) is 2. The van der Waals surface area contributed by atoms with Crippen LogP contribution in [0.1, 0.15) is 29.7 Å². The van der Waals surface area contributed by atoms with Crippen molar-refractivity contribution in [3.8, 4) is 5.69 Å². The van der Waals surface area contributed by atoms with E-state index < -0.39 is 0 Å². The van der Waals surface area contributed by atoms with Crippen molar-refractivity contribution >= 4 is 18.6 Å². The second-order valence-electron chi connectivity index (χ2n) is 8.22. The van der Waals surface area contributed by atoms with Crippen LogP contribution in [-0.4, -0.2) is 17.8 Å². The highest BCUT2D eigenvalue weighted by molar-refractivity contribution is 5.64. The standard InChI is InChI=1S/C29H30N4O/c1-22-27(18-25(30-2)21-31-20-23-12-6-3-7-13-23)33(26-16-10-5-11-17-26)29(19-28(22)34)32-24-14-8-4-9-15-24/h3,5-8,10-19,31-32H,2,4,9,20-21H2,1H3/b25-18-. The maximum Gasteiger partial charge on any atom is 0.187 e. The van der Waals surface area contributed by atoms with Crippen LogP contribution in [0.15, 0.2) is 106 Å². The highest BCUT2D eigenvalue weighted by atomic mass is 16.1. The number of hydrogen-bond donors (Lipinski definition) is 2. The predicted molar refractivity (Wildman–Crippen MR) is 143 cm³/mol. The Morgan fingerprint density at radius 3 is 2.50 bits per heavy atom. The molecule has 34 heavy (non-hydrogen) atoms. The van der Waals surface area contributed by atoms with Gasteiger partial charge in [0, 0.05) is 36.1 Å². The van der Waals surface area contributed by atoms with E-state index in [9.17, 15) is 4.79 Å². The molecule has 1 aliphatic carbocycles. The molecule has 172 valence electrons. The SMILES string of the molecule is C=N/C(=C\c1c(C)c(=O)cc(NC2=CCCC=C2)n1-c1ccccc1)CNCc1ccccc1. The Kier molecular flexibility index (Phi) is 7.68. The molecule has 0 amide bonds. The van der Waals surface area contributed by atoms with Crippen LogP contribution in [0.25, 0.3) is 11.8 Å². The summed E-state index contributed by atoms with van der Waals surface area (Å²) in [5, 5.41) is 6.88. The third-order valence-electron chi connectivity index (χ3n) is 5.77. The first-order chi connectivity index (χ1) is 16.7. The minimum Gasteiger partial charge on any atom is -0.342 e. The number of aliphatic imine (C=N–C) groups is 1. The number of pyridine rings is 1. The maximum absolute atomic E-state index is 13.0. The quantitative estimate of drug-likeness (QED) is 0.416. The lowest BCUT2D eigenvalue weighted by molar-refractivity contribution is 0.738. The van der Waals surface area contributed by atoms with Gasteiger partial charge in [-0.15, -0.1) is 0 Å². The Balaban J connectivity index is 1.73. The van der Waals surface area contributed by atoms with Crippen LogP contribution in [0, 0.1) is 6.92 Å². The second kappa shape index (κ2) is 11.3. The zero-order valence-electron chi connectivity index (χ0n) is 19.5. The molecule has 0 saturated carbocycles. The lowest BCUT2D eigenvalue weighted by Crippen LogP contribution is -2.20. The van der Waals surface area contributed by atoms with Gasteiger partial charge < -0.3 is 10.6 Å². The van der Waals surface area contributed by atoms with Gasteiger partial charge in [0.05, 0.1) is 11.4 Å². The number of aromatic nitrogens is 1. The highest BCUT2D eigenvalue weighted by Gasteiger charge is 2.15. The molecule has 3 aromatic rings. The first kappa shape index (κ1) is 23.2. The van der Waals surface area contributed by atoms with E-state index in [0.29, 0.717) is 17.9 Å². The van der Waals surface area contributed by atoms with Crippen molar-refractivity contribution < 1.29 is 0 Å². The van der Waals surface area contributed by atoms with Crippen LogP contribution < -0.4 is 16.1 Å². The number of para-hydroxylation sites is 1. The molecule has 2 aromatic carbocycles. The topological polar surface area (TPSA) is 58.4 Å². The van der Waals surface area contributed by atoms with Crippen LogP contribution in [0.5, 0.6) is 0 Å². The number of allylic oxidation sites excluding steroid dienone is 3. The molecule has 1 heterocycles. The minimum atomic E-state index is -0.0259. The largest absolute Gasteiger partial charge is 0.342 e. The van der Waals surface area contributed by atoms with Crippen molar-refractivity contribution in [3.05, 3.63) is 123 Å². The lowest BCUT2D eigenvalue weighted by atomic mass is 10.1. The summed E-state index contributed by atoms with van der Waals surface area (Å²) in [4.78, 5) is 17.2. The van der Waals surface area contributed by atoms with Crippen molar-refractivity contribution in [2.24, 2.45) is 4.99 Å². The molecule has 5 heteroatoms. The molecule has 0 fully saturated rings.